The van der Waals surface area contributed by atoms with Gasteiger partial charge in [-0.15, -0.1) is 5.10 Å². The number of allylic oxidation sites excluding steroid dienone is 1. The first-order chi connectivity index (χ1) is 15.9. The SMILES string of the molecule is Cc1ccc(C2=CC(c3ccc(F)cc3)n3nc(NS(=O)(=O)c4ccccc4)nc3N2)cc1. The molecule has 2 N–H and O–H groups in total. The monoisotopic (exact) mass is 461 g/mol. The van der Waals surface area contributed by atoms with Crippen LogP contribution in [0.5, 0.6) is 0 Å². The lowest BCUT2D eigenvalue weighted by Gasteiger charge is -2.24. The van der Waals surface area contributed by atoms with E-state index in [2.05, 4.69) is 20.1 Å². The van der Waals surface area contributed by atoms with E-state index in [9.17, 15) is 12.8 Å². The number of benzene rings is 3. The van der Waals surface area contributed by atoms with Crippen molar-refractivity contribution in [1.82, 2.24) is 14.8 Å². The van der Waals surface area contributed by atoms with Gasteiger partial charge in [0.05, 0.1) is 4.90 Å². The third-order valence-corrected chi connectivity index (χ3v) is 6.66. The van der Waals surface area contributed by atoms with Crippen molar-refractivity contribution < 1.29 is 12.8 Å². The summed E-state index contributed by atoms with van der Waals surface area (Å²) in [6, 6.07) is 21.7. The van der Waals surface area contributed by atoms with Crippen molar-refractivity contribution >= 4 is 27.6 Å². The Morgan fingerprint density at radius 1 is 0.970 bits per heavy atom. The summed E-state index contributed by atoms with van der Waals surface area (Å²) in [5.41, 5.74) is 3.65. The Hall–Kier alpha value is -3.98. The van der Waals surface area contributed by atoms with Gasteiger partial charge in [-0.1, -0.05) is 60.2 Å². The largest absolute Gasteiger partial charge is 0.324 e. The topological polar surface area (TPSA) is 88.9 Å². The van der Waals surface area contributed by atoms with Crippen LogP contribution in [-0.2, 0) is 10.0 Å². The van der Waals surface area contributed by atoms with Crippen molar-refractivity contribution in [3.8, 4) is 0 Å². The maximum absolute atomic E-state index is 13.5. The number of nitrogens with zero attached hydrogens (tertiary/aromatic N) is 3. The van der Waals surface area contributed by atoms with Crippen molar-refractivity contribution in [3.63, 3.8) is 0 Å². The number of sulfonamides is 1. The predicted octanol–water partition coefficient (Wildman–Crippen LogP) is 4.58. The Balaban J connectivity index is 1.54. The van der Waals surface area contributed by atoms with E-state index in [-0.39, 0.29) is 16.7 Å². The molecule has 2 heterocycles. The van der Waals surface area contributed by atoms with Crippen LogP contribution in [0.4, 0.5) is 16.3 Å². The average molecular weight is 462 g/mol. The van der Waals surface area contributed by atoms with Gasteiger partial charge >= 0.3 is 0 Å². The highest BCUT2D eigenvalue weighted by molar-refractivity contribution is 7.92. The van der Waals surface area contributed by atoms with Gasteiger partial charge < -0.3 is 5.32 Å². The summed E-state index contributed by atoms with van der Waals surface area (Å²) in [7, 11) is -3.85. The summed E-state index contributed by atoms with van der Waals surface area (Å²) in [6.07, 6.45) is 1.95. The van der Waals surface area contributed by atoms with Crippen molar-refractivity contribution in [2.24, 2.45) is 0 Å². The second-order valence-electron chi connectivity index (χ2n) is 7.69. The number of halogens is 1. The smallest absolute Gasteiger partial charge is 0.264 e. The molecule has 1 atom stereocenters. The summed E-state index contributed by atoms with van der Waals surface area (Å²) < 4.78 is 43.1. The Morgan fingerprint density at radius 2 is 1.67 bits per heavy atom. The number of fused-ring (bicyclic) bond motifs is 1. The van der Waals surface area contributed by atoms with E-state index in [0.29, 0.717) is 5.95 Å². The van der Waals surface area contributed by atoms with Gasteiger partial charge in [-0.25, -0.2) is 22.2 Å². The molecule has 0 fully saturated rings. The van der Waals surface area contributed by atoms with E-state index in [0.717, 1.165) is 22.4 Å². The summed E-state index contributed by atoms with van der Waals surface area (Å²) in [5.74, 6) is -0.0364. The molecule has 33 heavy (non-hydrogen) atoms. The minimum atomic E-state index is -3.85. The molecule has 0 radical (unpaired) electrons. The second kappa shape index (κ2) is 8.18. The van der Waals surface area contributed by atoms with Crippen LogP contribution < -0.4 is 10.0 Å². The average Bonchev–Trinajstić information content (AvgIpc) is 3.22. The van der Waals surface area contributed by atoms with Gasteiger partial charge in [0.1, 0.15) is 11.9 Å². The Labute approximate surface area is 190 Å². The fraction of sp³-hybridized carbons (Fsp3) is 0.0833. The molecule has 1 unspecified atom stereocenters. The van der Waals surface area contributed by atoms with Gasteiger partial charge in [0.25, 0.3) is 16.0 Å². The van der Waals surface area contributed by atoms with E-state index in [1.165, 1.54) is 24.3 Å². The van der Waals surface area contributed by atoms with Gasteiger partial charge in [0.2, 0.25) is 5.95 Å². The first-order valence-electron chi connectivity index (χ1n) is 10.2. The Kier molecular flexibility index (Phi) is 5.18. The third-order valence-electron chi connectivity index (χ3n) is 5.32. The van der Waals surface area contributed by atoms with Gasteiger partial charge in [-0.2, -0.15) is 4.98 Å². The van der Waals surface area contributed by atoms with Crippen LogP contribution in [0.15, 0.2) is 89.8 Å². The zero-order chi connectivity index (χ0) is 23.0. The molecule has 1 aliphatic heterocycles. The molecule has 4 aromatic rings. The van der Waals surface area contributed by atoms with Crippen molar-refractivity contribution in [2.75, 3.05) is 10.0 Å². The molecule has 0 amide bonds. The van der Waals surface area contributed by atoms with Gasteiger partial charge in [-0.05, 0) is 48.4 Å². The van der Waals surface area contributed by atoms with Crippen molar-refractivity contribution in [3.05, 3.63) is 107 Å². The minimum Gasteiger partial charge on any atom is -0.324 e. The normalized spacial score (nSPS) is 15.3. The molecule has 0 saturated heterocycles. The molecule has 1 aliphatic rings. The summed E-state index contributed by atoms with van der Waals surface area (Å²) in [6.45, 7) is 2.01. The number of hydrogen-bond acceptors (Lipinski definition) is 5. The maximum atomic E-state index is 13.5. The van der Waals surface area contributed by atoms with Crippen LogP contribution in [0.25, 0.3) is 5.70 Å². The van der Waals surface area contributed by atoms with E-state index < -0.39 is 16.1 Å². The zero-order valence-corrected chi connectivity index (χ0v) is 18.4. The van der Waals surface area contributed by atoms with E-state index in [1.807, 2.05) is 37.3 Å². The highest BCUT2D eigenvalue weighted by Gasteiger charge is 2.27. The van der Waals surface area contributed by atoms with Crippen LogP contribution in [-0.4, -0.2) is 23.2 Å². The van der Waals surface area contributed by atoms with Crippen molar-refractivity contribution in [2.45, 2.75) is 17.9 Å². The molecular formula is C24H20FN5O2S. The maximum Gasteiger partial charge on any atom is 0.264 e. The quantitative estimate of drug-likeness (QED) is 0.454. The summed E-state index contributed by atoms with van der Waals surface area (Å²) >= 11 is 0. The summed E-state index contributed by atoms with van der Waals surface area (Å²) in [4.78, 5) is 4.49. The summed E-state index contributed by atoms with van der Waals surface area (Å²) in [5, 5.41) is 7.63. The van der Waals surface area contributed by atoms with Crippen molar-refractivity contribution in [1.29, 1.82) is 0 Å². The van der Waals surface area contributed by atoms with Gasteiger partial charge in [0, 0.05) is 5.70 Å². The molecule has 5 rings (SSSR count). The standard InChI is InChI=1S/C24H20FN5O2S/c1-16-7-9-17(10-8-16)21-15-22(18-11-13-19(25)14-12-18)30-24(26-21)27-23(28-30)29-33(31,32)20-5-3-2-4-6-20/h2-15,22H,1H3,(H2,26,27,28,29). The molecule has 7 nitrogen and oxygen atoms in total. The van der Waals surface area contributed by atoms with E-state index >= 15 is 0 Å². The van der Waals surface area contributed by atoms with Crippen LogP contribution in [0.2, 0.25) is 0 Å². The van der Waals surface area contributed by atoms with E-state index in [4.69, 9.17) is 0 Å². The number of rotatable bonds is 5. The van der Waals surface area contributed by atoms with Crippen LogP contribution in [0.3, 0.4) is 0 Å². The molecule has 9 heteroatoms. The highest BCUT2D eigenvalue weighted by atomic mass is 32.2. The fourth-order valence-corrected chi connectivity index (χ4v) is 4.57. The zero-order valence-electron chi connectivity index (χ0n) is 17.6. The van der Waals surface area contributed by atoms with E-state index in [1.54, 1.807) is 35.0 Å². The van der Waals surface area contributed by atoms with Crippen LogP contribution >= 0.6 is 0 Å². The predicted molar refractivity (Wildman–Crippen MR) is 125 cm³/mol. The number of nitrogens with one attached hydrogen (secondary N) is 2. The number of hydrogen-bond donors (Lipinski definition) is 2. The Bertz CT molecular complexity index is 1430. The lowest BCUT2D eigenvalue weighted by molar-refractivity contribution is 0.597. The molecule has 166 valence electrons. The second-order valence-corrected chi connectivity index (χ2v) is 9.37. The number of anilines is 2. The van der Waals surface area contributed by atoms with Gasteiger partial charge in [0.15, 0.2) is 0 Å². The Morgan fingerprint density at radius 3 is 2.36 bits per heavy atom. The molecular weight excluding hydrogens is 441 g/mol. The lowest BCUT2D eigenvalue weighted by atomic mass is 10.0. The number of aromatic nitrogens is 3. The van der Waals surface area contributed by atoms with Crippen LogP contribution in [0.1, 0.15) is 22.7 Å². The molecule has 0 saturated carbocycles. The molecule has 1 aromatic heterocycles. The molecule has 0 spiro atoms. The minimum absolute atomic E-state index is 0.0629. The number of aryl methyl sites for hydroxylation is 1. The lowest BCUT2D eigenvalue weighted by Crippen LogP contribution is -2.20. The molecule has 3 aromatic carbocycles. The fourth-order valence-electron chi connectivity index (χ4n) is 3.61. The van der Waals surface area contributed by atoms with Crippen LogP contribution in [0, 0.1) is 12.7 Å². The third kappa shape index (κ3) is 4.22. The first kappa shape index (κ1) is 20.9. The first-order valence-corrected chi connectivity index (χ1v) is 11.7. The van der Waals surface area contributed by atoms with Gasteiger partial charge in [-0.3, -0.25) is 0 Å². The molecule has 0 bridgehead atoms. The highest BCUT2D eigenvalue weighted by Crippen LogP contribution is 2.33. The molecule has 0 aliphatic carbocycles.